The van der Waals surface area contributed by atoms with E-state index in [0.29, 0.717) is 65.7 Å². The average molecular weight is 685 g/mol. The fourth-order valence-electron chi connectivity index (χ4n) is 7.88. The Morgan fingerprint density at radius 1 is 1.06 bits per heavy atom. The van der Waals surface area contributed by atoms with E-state index < -0.39 is 24.1 Å². The first-order valence-corrected chi connectivity index (χ1v) is 16.9. The van der Waals surface area contributed by atoms with Crippen molar-refractivity contribution in [2.75, 3.05) is 50.8 Å². The lowest BCUT2D eigenvalue weighted by molar-refractivity contribution is -0.340. The van der Waals surface area contributed by atoms with Gasteiger partial charge in [0.05, 0.1) is 23.8 Å². The molecule has 8 rings (SSSR count). The van der Waals surface area contributed by atoms with Gasteiger partial charge in [0.25, 0.3) is 0 Å². The number of phenols is 1. The third kappa shape index (κ3) is 6.23. The number of aromatic nitrogens is 3. The fraction of sp³-hybridized carbons (Fsp3) is 0.514. The van der Waals surface area contributed by atoms with E-state index in [-0.39, 0.29) is 53.1 Å². The maximum atomic E-state index is 17.0. The van der Waals surface area contributed by atoms with Crippen molar-refractivity contribution in [2.24, 2.45) is 5.41 Å². The van der Waals surface area contributed by atoms with Crippen LogP contribution >= 0.6 is 0 Å². The SMILES string of the molecule is Cc1c(F)ccc2cc(O)cc(-c3nc4c5c(nc(OCC6(CN7CCC(OC(F)(F)F)C7)CC6)nc5c3F)N3CCNCC3CCC4)c12. The van der Waals surface area contributed by atoms with Crippen molar-refractivity contribution in [3.8, 4) is 23.0 Å². The van der Waals surface area contributed by atoms with Crippen molar-refractivity contribution in [2.45, 2.75) is 64.0 Å². The molecule has 14 heteroatoms. The number of hydrogen-bond donors (Lipinski definition) is 2. The molecule has 0 bridgehead atoms. The summed E-state index contributed by atoms with van der Waals surface area (Å²) >= 11 is 0. The van der Waals surface area contributed by atoms with Gasteiger partial charge in [-0.3, -0.25) is 9.64 Å². The molecule has 1 saturated carbocycles. The Kier molecular flexibility index (Phi) is 8.03. The highest BCUT2D eigenvalue weighted by Gasteiger charge is 2.47. The number of fused-ring (bicyclic) bond motifs is 3. The number of benzene rings is 2. The third-order valence-corrected chi connectivity index (χ3v) is 10.5. The molecule has 3 aliphatic heterocycles. The minimum absolute atomic E-state index is 0.0105. The van der Waals surface area contributed by atoms with Crippen molar-refractivity contribution in [1.82, 2.24) is 25.2 Å². The van der Waals surface area contributed by atoms with Gasteiger partial charge in [0.1, 0.15) is 28.6 Å². The lowest BCUT2D eigenvalue weighted by atomic mass is 9.94. The zero-order valence-corrected chi connectivity index (χ0v) is 27.0. The summed E-state index contributed by atoms with van der Waals surface area (Å²) in [7, 11) is 0. The molecule has 9 nitrogen and oxygen atoms in total. The highest BCUT2D eigenvalue weighted by Crippen LogP contribution is 2.48. The lowest BCUT2D eigenvalue weighted by Crippen LogP contribution is -2.52. The predicted molar refractivity (Wildman–Crippen MR) is 173 cm³/mol. The standard InChI is InChI=1S/C35H37F5N6O3/c1-19-25(36)6-5-20-13-22(47)14-24(27(19)20)30-29(37)31-28-26(42-30)4-2-3-21-15-41-10-12-46(21)32(28)44-33(43-31)48-18-34(8-9-34)17-45-11-7-23(16-45)49-35(38,39)40/h5-6,13-14,21,23,41,47H,2-4,7-12,15-18H2,1H3. The van der Waals surface area contributed by atoms with Gasteiger partial charge in [-0.1, -0.05) is 6.07 Å². The minimum Gasteiger partial charge on any atom is -0.508 e. The number of alkyl halides is 3. The molecule has 2 unspecified atom stereocenters. The molecule has 2 aromatic heterocycles. The molecule has 4 aromatic rings. The van der Waals surface area contributed by atoms with Crippen molar-refractivity contribution >= 4 is 27.5 Å². The molecule has 2 atom stereocenters. The molecular weight excluding hydrogens is 647 g/mol. The normalized spacial score (nSPS) is 22.3. The second kappa shape index (κ2) is 12.2. The molecule has 0 amide bonds. The molecule has 0 radical (unpaired) electrons. The maximum Gasteiger partial charge on any atom is 0.522 e. The van der Waals surface area contributed by atoms with Crippen LogP contribution in [0.5, 0.6) is 11.8 Å². The van der Waals surface area contributed by atoms with Crippen LogP contribution in [-0.4, -0.2) is 89.3 Å². The molecule has 2 saturated heterocycles. The Bertz CT molecular complexity index is 1940. The van der Waals surface area contributed by atoms with E-state index in [9.17, 15) is 22.7 Å². The second-order valence-electron chi connectivity index (χ2n) is 14.0. The van der Waals surface area contributed by atoms with Crippen LogP contribution in [0.25, 0.3) is 32.9 Å². The van der Waals surface area contributed by atoms with Crippen LogP contribution < -0.4 is 15.0 Å². The number of nitrogens with one attached hydrogen (secondary N) is 1. The van der Waals surface area contributed by atoms with Gasteiger partial charge in [-0.25, -0.2) is 13.8 Å². The summed E-state index contributed by atoms with van der Waals surface area (Å²) in [5.41, 5.74) is 0.942. The van der Waals surface area contributed by atoms with Crippen LogP contribution in [0.1, 0.15) is 43.4 Å². The Morgan fingerprint density at radius 2 is 1.90 bits per heavy atom. The van der Waals surface area contributed by atoms with E-state index in [4.69, 9.17) is 14.7 Å². The summed E-state index contributed by atoms with van der Waals surface area (Å²) in [6.07, 6.45) is -1.37. The molecule has 5 heterocycles. The van der Waals surface area contributed by atoms with E-state index in [1.807, 2.05) is 4.90 Å². The number of phenolic OH excluding ortho intramolecular Hbond substituents is 1. The molecule has 0 spiro atoms. The zero-order chi connectivity index (χ0) is 34.1. The molecule has 260 valence electrons. The van der Waals surface area contributed by atoms with Gasteiger partial charge in [0, 0.05) is 56.3 Å². The topological polar surface area (TPSA) is 95.9 Å². The van der Waals surface area contributed by atoms with Crippen molar-refractivity contribution in [3.05, 3.63) is 47.2 Å². The van der Waals surface area contributed by atoms with Gasteiger partial charge in [-0.2, -0.15) is 9.97 Å². The second-order valence-corrected chi connectivity index (χ2v) is 14.0. The number of rotatable bonds is 7. The number of hydrogen-bond acceptors (Lipinski definition) is 9. The summed E-state index contributed by atoms with van der Waals surface area (Å²) in [4.78, 5) is 18.5. The van der Waals surface area contributed by atoms with Gasteiger partial charge in [-0.15, -0.1) is 13.2 Å². The van der Waals surface area contributed by atoms with Crippen LogP contribution in [0.3, 0.4) is 0 Å². The van der Waals surface area contributed by atoms with E-state index in [1.54, 1.807) is 13.0 Å². The number of anilines is 1. The number of piperazine rings is 1. The van der Waals surface area contributed by atoms with Gasteiger partial charge in [0.2, 0.25) is 0 Å². The minimum atomic E-state index is -4.66. The Balaban J connectivity index is 1.19. The fourth-order valence-corrected chi connectivity index (χ4v) is 7.88. The molecule has 4 aliphatic rings. The van der Waals surface area contributed by atoms with Gasteiger partial charge < -0.3 is 20.1 Å². The maximum absolute atomic E-state index is 17.0. The Labute approximate surface area is 279 Å². The summed E-state index contributed by atoms with van der Waals surface area (Å²) in [6.45, 7) is 5.22. The van der Waals surface area contributed by atoms with Gasteiger partial charge in [0.15, 0.2) is 5.82 Å². The number of likely N-dealkylation sites (tertiary alicyclic amines) is 1. The summed E-state index contributed by atoms with van der Waals surface area (Å²) in [5.74, 6) is -0.716. The molecular formula is C35H37F5N6O3. The molecule has 2 aromatic carbocycles. The summed E-state index contributed by atoms with van der Waals surface area (Å²) in [6, 6.07) is 5.94. The Hall–Kier alpha value is -3.88. The predicted octanol–water partition coefficient (Wildman–Crippen LogP) is 6.02. The van der Waals surface area contributed by atoms with Crippen LogP contribution in [0.15, 0.2) is 24.3 Å². The lowest BCUT2D eigenvalue weighted by Gasteiger charge is -2.39. The molecule has 1 aliphatic carbocycles. The number of aryl methyl sites for hydroxylation is 2. The first-order chi connectivity index (χ1) is 23.5. The van der Waals surface area contributed by atoms with Crippen LogP contribution in [-0.2, 0) is 11.2 Å². The quantitative estimate of drug-likeness (QED) is 0.227. The first kappa shape index (κ1) is 32.3. The highest BCUT2D eigenvalue weighted by molar-refractivity contribution is 6.02. The van der Waals surface area contributed by atoms with E-state index in [1.165, 1.54) is 18.2 Å². The molecule has 2 N–H and O–H groups in total. The zero-order valence-electron chi connectivity index (χ0n) is 27.0. The first-order valence-electron chi connectivity index (χ1n) is 16.9. The van der Waals surface area contributed by atoms with Crippen molar-refractivity contribution < 1.29 is 36.5 Å². The average Bonchev–Trinajstić information content (AvgIpc) is 3.69. The summed E-state index contributed by atoms with van der Waals surface area (Å²) < 4.78 is 80.7. The largest absolute Gasteiger partial charge is 0.522 e. The van der Waals surface area contributed by atoms with Crippen LogP contribution in [0, 0.1) is 24.0 Å². The number of aromatic hydroxyl groups is 1. The summed E-state index contributed by atoms with van der Waals surface area (Å²) in [5, 5.41) is 15.6. The highest BCUT2D eigenvalue weighted by atomic mass is 19.4. The monoisotopic (exact) mass is 684 g/mol. The van der Waals surface area contributed by atoms with Crippen molar-refractivity contribution in [3.63, 3.8) is 0 Å². The number of pyridine rings is 1. The smallest absolute Gasteiger partial charge is 0.508 e. The van der Waals surface area contributed by atoms with Crippen LogP contribution in [0.4, 0.5) is 27.8 Å². The Morgan fingerprint density at radius 3 is 2.69 bits per heavy atom. The third-order valence-electron chi connectivity index (χ3n) is 10.5. The molecule has 3 fully saturated rings. The van der Waals surface area contributed by atoms with E-state index in [2.05, 4.69) is 19.9 Å². The van der Waals surface area contributed by atoms with Crippen LogP contribution in [0.2, 0.25) is 0 Å². The van der Waals surface area contributed by atoms with E-state index >= 15 is 4.39 Å². The molecule has 49 heavy (non-hydrogen) atoms. The number of ether oxygens (including phenoxy) is 2. The van der Waals surface area contributed by atoms with Crippen molar-refractivity contribution in [1.29, 1.82) is 0 Å². The number of nitrogens with zero attached hydrogens (tertiary/aromatic N) is 5. The van der Waals surface area contributed by atoms with Gasteiger partial charge >= 0.3 is 12.4 Å². The van der Waals surface area contributed by atoms with Gasteiger partial charge in [-0.05, 0) is 80.0 Å². The van der Waals surface area contributed by atoms with E-state index in [0.717, 1.165) is 38.8 Å². The number of halogens is 5.